The van der Waals surface area contributed by atoms with Crippen molar-refractivity contribution in [3.8, 4) is 5.75 Å². The Bertz CT molecular complexity index is 747. The van der Waals surface area contributed by atoms with Crippen molar-refractivity contribution < 1.29 is 48.3 Å². The van der Waals surface area contributed by atoms with Gasteiger partial charge in [0.1, 0.15) is 24.1 Å². The molecule has 0 radical (unpaired) electrons. The minimum atomic E-state index is -3.03. The molecule has 0 bridgehead atoms. The number of ether oxygens (including phenoxy) is 2. The topological polar surface area (TPSA) is 146 Å². The second kappa shape index (κ2) is 9.44. The largest absolute Gasteiger partial charge is 0.479 e. The van der Waals surface area contributed by atoms with Crippen LogP contribution in [0.5, 0.6) is 5.75 Å². The van der Waals surface area contributed by atoms with Crippen LogP contribution in [0.1, 0.15) is 32.3 Å². The highest BCUT2D eigenvalue weighted by Gasteiger charge is 2.48. The molecule has 0 spiro atoms. The van der Waals surface area contributed by atoms with Gasteiger partial charge in [-0.25, -0.2) is 13.6 Å². The van der Waals surface area contributed by atoms with E-state index >= 15 is 0 Å². The number of alkyl halides is 2. The predicted octanol–water partition coefficient (Wildman–Crippen LogP) is 0.880. The van der Waals surface area contributed by atoms with Crippen molar-refractivity contribution >= 4 is 17.6 Å². The van der Waals surface area contributed by atoms with Gasteiger partial charge in [0.05, 0.1) is 5.56 Å². The van der Waals surface area contributed by atoms with Crippen LogP contribution in [0.25, 0.3) is 0 Å². The van der Waals surface area contributed by atoms with E-state index in [4.69, 9.17) is 14.6 Å². The first kappa shape index (κ1) is 22.9. The number of nitrogens with one attached hydrogen (secondary N) is 1. The summed E-state index contributed by atoms with van der Waals surface area (Å²) in [5.41, 5.74) is -0.544. The van der Waals surface area contributed by atoms with Crippen LogP contribution >= 0.6 is 0 Å². The van der Waals surface area contributed by atoms with E-state index in [0.717, 1.165) is 12.1 Å². The van der Waals surface area contributed by atoms with Gasteiger partial charge in [0.2, 0.25) is 12.2 Å². The Kier molecular flexibility index (Phi) is 7.47. The fraction of sp³-hybridized carbons (Fsp3) is 0.556. The quantitative estimate of drug-likeness (QED) is 0.438. The molecule has 11 heteroatoms. The van der Waals surface area contributed by atoms with Gasteiger partial charge in [-0.15, -0.1) is 0 Å². The molecule has 6 atom stereocenters. The zero-order valence-corrected chi connectivity index (χ0v) is 15.7. The normalized spacial score (nSPS) is 28.1. The number of aliphatic carboxylic acids is 1. The van der Waals surface area contributed by atoms with Crippen molar-refractivity contribution in [2.24, 2.45) is 5.92 Å². The van der Waals surface area contributed by atoms with Crippen LogP contribution in [0, 0.1) is 5.92 Å². The summed E-state index contributed by atoms with van der Waals surface area (Å²) in [6, 6.07) is 3.36. The van der Waals surface area contributed by atoms with Crippen LogP contribution in [0.4, 0.5) is 14.5 Å². The monoisotopic (exact) mass is 419 g/mol. The van der Waals surface area contributed by atoms with E-state index in [0.29, 0.717) is 6.42 Å². The van der Waals surface area contributed by atoms with Crippen molar-refractivity contribution in [3.63, 3.8) is 0 Å². The Morgan fingerprint density at radius 2 is 1.86 bits per heavy atom. The van der Waals surface area contributed by atoms with E-state index in [1.54, 1.807) is 13.8 Å². The van der Waals surface area contributed by atoms with Gasteiger partial charge in [-0.1, -0.05) is 13.8 Å². The van der Waals surface area contributed by atoms with Gasteiger partial charge in [0, 0.05) is 11.6 Å². The van der Waals surface area contributed by atoms with Crippen LogP contribution in [-0.2, 0) is 14.3 Å². The number of hydrogen-bond donors (Lipinski definition) is 5. The molecule has 1 aromatic rings. The first-order valence-corrected chi connectivity index (χ1v) is 8.88. The Balaban J connectivity index is 2.25. The van der Waals surface area contributed by atoms with E-state index in [9.17, 15) is 33.7 Å². The Labute approximate surface area is 164 Å². The standard InChI is InChI=1S/C18H23F2NO8/c1-3-7(2)16(25)21-8-4-5-10(9(6-8)15(19)20)28-18-13(24)11(22)12(23)14(29-18)17(26)27/h4-7,11-15,18,22-24H,3H2,1-2H3,(H,21,25)(H,26,27). The lowest BCUT2D eigenvalue weighted by atomic mass is 9.99. The maximum atomic E-state index is 13.5. The molecule has 0 aromatic heterocycles. The summed E-state index contributed by atoms with van der Waals surface area (Å²) in [7, 11) is 0. The number of aliphatic hydroxyl groups excluding tert-OH is 3. The highest BCUT2D eigenvalue weighted by atomic mass is 19.3. The lowest BCUT2D eigenvalue weighted by Gasteiger charge is -2.38. The van der Waals surface area contributed by atoms with Gasteiger partial charge in [0.15, 0.2) is 6.10 Å². The summed E-state index contributed by atoms with van der Waals surface area (Å²) >= 11 is 0. The van der Waals surface area contributed by atoms with Gasteiger partial charge in [-0.2, -0.15) is 0 Å². The third-order valence-corrected chi connectivity index (χ3v) is 4.63. The fourth-order valence-electron chi connectivity index (χ4n) is 2.63. The summed E-state index contributed by atoms with van der Waals surface area (Å²) in [4.78, 5) is 23.1. The highest BCUT2D eigenvalue weighted by Crippen LogP contribution is 2.34. The predicted molar refractivity (Wildman–Crippen MR) is 94.4 cm³/mol. The summed E-state index contributed by atoms with van der Waals surface area (Å²) in [6.45, 7) is 3.48. The Hall–Kier alpha value is -2.34. The molecule has 1 aliphatic rings. The Morgan fingerprint density at radius 3 is 2.41 bits per heavy atom. The van der Waals surface area contributed by atoms with Crippen LogP contribution in [0.3, 0.4) is 0 Å². The van der Waals surface area contributed by atoms with E-state index in [1.807, 2.05) is 0 Å². The minimum absolute atomic E-state index is 0.0990. The second-order valence-electron chi connectivity index (χ2n) is 6.70. The summed E-state index contributed by atoms with van der Waals surface area (Å²) in [5.74, 6) is -2.76. The molecule has 9 nitrogen and oxygen atoms in total. The molecular weight excluding hydrogens is 396 g/mol. The summed E-state index contributed by atoms with van der Waals surface area (Å²) < 4.78 is 37.1. The maximum absolute atomic E-state index is 13.5. The first-order chi connectivity index (χ1) is 13.6. The number of hydrogen-bond acceptors (Lipinski definition) is 7. The average Bonchev–Trinajstić information content (AvgIpc) is 2.68. The van der Waals surface area contributed by atoms with Gasteiger partial charge >= 0.3 is 5.97 Å². The summed E-state index contributed by atoms with van der Waals surface area (Å²) in [6.07, 6.45) is -12.0. The van der Waals surface area contributed by atoms with E-state index in [2.05, 4.69) is 5.32 Å². The van der Waals surface area contributed by atoms with E-state index < -0.39 is 54.4 Å². The number of rotatable bonds is 7. The molecule has 29 heavy (non-hydrogen) atoms. The molecule has 1 amide bonds. The van der Waals surface area contributed by atoms with Gasteiger partial charge < -0.3 is 35.2 Å². The molecule has 1 aliphatic heterocycles. The van der Waals surface area contributed by atoms with Gasteiger partial charge in [-0.3, -0.25) is 4.79 Å². The minimum Gasteiger partial charge on any atom is -0.479 e. The zero-order chi connectivity index (χ0) is 21.9. The number of carbonyl (C=O) groups is 2. The number of carboxylic acids is 1. The van der Waals surface area contributed by atoms with Crippen LogP contribution < -0.4 is 10.1 Å². The molecule has 1 fully saturated rings. The number of carboxylic acid groups (broad SMARTS) is 1. The number of anilines is 1. The van der Waals surface area contributed by atoms with Crippen molar-refractivity contribution in [1.82, 2.24) is 0 Å². The highest BCUT2D eigenvalue weighted by molar-refractivity contribution is 5.92. The molecule has 5 N–H and O–H groups in total. The molecule has 0 aliphatic carbocycles. The lowest BCUT2D eigenvalue weighted by Crippen LogP contribution is -2.61. The van der Waals surface area contributed by atoms with Crippen molar-refractivity contribution in [2.75, 3.05) is 5.32 Å². The van der Waals surface area contributed by atoms with Crippen molar-refractivity contribution in [1.29, 1.82) is 0 Å². The second-order valence-corrected chi connectivity index (χ2v) is 6.70. The molecule has 1 heterocycles. The molecule has 2 rings (SSSR count). The van der Waals surface area contributed by atoms with Gasteiger partial charge in [-0.05, 0) is 24.6 Å². The lowest BCUT2D eigenvalue weighted by molar-refractivity contribution is -0.271. The number of amides is 1. The van der Waals surface area contributed by atoms with Crippen molar-refractivity contribution in [2.45, 2.75) is 57.4 Å². The SMILES string of the molecule is CCC(C)C(=O)Nc1ccc(OC2OC(C(=O)O)C(O)C(O)C2O)c(C(F)F)c1. The summed E-state index contributed by atoms with van der Waals surface area (Å²) in [5, 5.41) is 40.9. The Morgan fingerprint density at radius 1 is 1.21 bits per heavy atom. The van der Waals surface area contributed by atoms with Crippen LogP contribution in [0.15, 0.2) is 18.2 Å². The number of aliphatic hydroxyl groups is 3. The smallest absolute Gasteiger partial charge is 0.335 e. The average molecular weight is 419 g/mol. The molecule has 6 unspecified atom stereocenters. The van der Waals surface area contributed by atoms with Crippen LogP contribution in [-0.4, -0.2) is 63.0 Å². The number of benzene rings is 1. The third kappa shape index (κ3) is 5.18. The zero-order valence-electron chi connectivity index (χ0n) is 15.7. The fourth-order valence-corrected chi connectivity index (χ4v) is 2.63. The molecule has 1 saturated heterocycles. The number of halogens is 2. The maximum Gasteiger partial charge on any atom is 0.335 e. The first-order valence-electron chi connectivity index (χ1n) is 8.88. The van der Waals surface area contributed by atoms with Gasteiger partial charge in [0.25, 0.3) is 6.43 Å². The van der Waals surface area contributed by atoms with E-state index in [1.165, 1.54) is 6.07 Å². The number of carbonyl (C=O) groups excluding carboxylic acids is 1. The molecule has 1 aromatic carbocycles. The molecule has 0 saturated carbocycles. The van der Waals surface area contributed by atoms with Crippen molar-refractivity contribution in [3.05, 3.63) is 23.8 Å². The van der Waals surface area contributed by atoms with E-state index in [-0.39, 0.29) is 17.5 Å². The van der Waals surface area contributed by atoms with Crippen LogP contribution in [0.2, 0.25) is 0 Å². The molecular formula is C18H23F2NO8. The third-order valence-electron chi connectivity index (χ3n) is 4.63. The molecule has 162 valence electrons.